The van der Waals surface area contributed by atoms with Gasteiger partial charge in [0.1, 0.15) is 17.8 Å². The second-order valence-corrected chi connectivity index (χ2v) is 7.12. The van der Waals surface area contributed by atoms with Gasteiger partial charge in [-0.3, -0.25) is 14.3 Å². The van der Waals surface area contributed by atoms with E-state index in [1.165, 1.54) is 0 Å². The molecule has 27 heavy (non-hydrogen) atoms. The lowest BCUT2D eigenvalue weighted by atomic mass is 9.89. The molecule has 2 aromatic rings. The van der Waals surface area contributed by atoms with Crippen molar-refractivity contribution in [3.63, 3.8) is 0 Å². The topological polar surface area (TPSA) is 75.1 Å². The average molecular weight is 391 g/mol. The highest BCUT2D eigenvalue weighted by atomic mass is 35.5. The number of halogens is 1. The molecule has 1 aliphatic carbocycles. The SMILES string of the molecule is Cl.O=C(NC1CCC(N2CCNCC2)CC1)c1cccc(-n2ccnc2)n1. The molecule has 7 nitrogen and oxygen atoms in total. The fourth-order valence-electron chi connectivity index (χ4n) is 3.98. The van der Waals surface area contributed by atoms with Gasteiger partial charge in [-0.05, 0) is 37.8 Å². The molecule has 3 heterocycles. The van der Waals surface area contributed by atoms with Gasteiger partial charge in [0.05, 0.1) is 0 Å². The van der Waals surface area contributed by atoms with Crippen molar-refractivity contribution < 1.29 is 4.79 Å². The van der Waals surface area contributed by atoms with E-state index in [2.05, 4.69) is 25.5 Å². The molecule has 1 amide bonds. The normalized spacial score (nSPS) is 23.4. The van der Waals surface area contributed by atoms with Crippen molar-refractivity contribution in [3.05, 3.63) is 42.6 Å². The first kappa shape index (κ1) is 19.8. The summed E-state index contributed by atoms with van der Waals surface area (Å²) in [4.78, 5) is 23.7. The van der Waals surface area contributed by atoms with Crippen molar-refractivity contribution in [1.82, 2.24) is 30.1 Å². The quantitative estimate of drug-likeness (QED) is 0.830. The fraction of sp³-hybridized carbons (Fsp3) is 0.526. The van der Waals surface area contributed by atoms with Crippen molar-refractivity contribution in [2.45, 2.75) is 37.8 Å². The number of aromatic nitrogens is 3. The predicted octanol–water partition coefficient (Wildman–Crippen LogP) is 1.64. The van der Waals surface area contributed by atoms with Crippen molar-refractivity contribution >= 4 is 18.3 Å². The second kappa shape index (κ2) is 9.30. The van der Waals surface area contributed by atoms with E-state index in [4.69, 9.17) is 0 Å². The largest absolute Gasteiger partial charge is 0.348 e. The Hall–Kier alpha value is -1.96. The lowest BCUT2D eigenvalue weighted by Crippen LogP contribution is -2.50. The van der Waals surface area contributed by atoms with E-state index in [0.29, 0.717) is 17.6 Å². The summed E-state index contributed by atoms with van der Waals surface area (Å²) in [7, 11) is 0. The summed E-state index contributed by atoms with van der Waals surface area (Å²) in [5, 5.41) is 6.58. The van der Waals surface area contributed by atoms with Gasteiger partial charge in [0.15, 0.2) is 0 Å². The molecule has 0 atom stereocenters. The van der Waals surface area contributed by atoms with Crippen LogP contribution in [0.25, 0.3) is 5.82 Å². The Bertz CT molecular complexity index is 724. The summed E-state index contributed by atoms with van der Waals surface area (Å²) in [6.45, 7) is 4.48. The van der Waals surface area contributed by atoms with Crippen LogP contribution in [0.4, 0.5) is 0 Å². The Labute approximate surface area is 166 Å². The second-order valence-electron chi connectivity index (χ2n) is 7.12. The Balaban J connectivity index is 0.00000210. The maximum absolute atomic E-state index is 12.6. The maximum atomic E-state index is 12.6. The van der Waals surface area contributed by atoms with Crippen molar-refractivity contribution in [1.29, 1.82) is 0 Å². The minimum atomic E-state index is -0.0856. The van der Waals surface area contributed by atoms with Crippen LogP contribution in [0, 0.1) is 0 Å². The molecule has 4 rings (SSSR count). The number of imidazole rings is 1. The highest BCUT2D eigenvalue weighted by Gasteiger charge is 2.27. The van der Waals surface area contributed by atoms with Gasteiger partial charge in [-0.2, -0.15) is 0 Å². The molecule has 2 aromatic heterocycles. The Kier molecular flexibility index (Phi) is 6.82. The third-order valence-corrected chi connectivity index (χ3v) is 5.44. The van der Waals surface area contributed by atoms with Gasteiger partial charge in [0.25, 0.3) is 5.91 Å². The van der Waals surface area contributed by atoms with Crippen LogP contribution >= 0.6 is 12.4 Å². The van der Waals surface area contributed by atoms with Crippen LogP contribution in [0.3, 0.4) is 0 Å². The molecule has 0 radical (unpaired) electrons. The first-order valence-corrected chi connectivity index (χ1v) is 9.50. The van der Waals surface area contributed by atoms with Crippen LogP contribution in [0.2, 0.25) is 0 Å². The van der Waals surface area contributed by atoms with Gasteiger partial charge in [0, 0.05) is 50.7 Å². The van der Waals surface area contributed by atoms with E-state index in [-0.39, 0.29) is 24.4 Å². The molecular formula is C19H27ClN6O. The zero-order valence-corrected chi connectivity index (χ0v) is 16.2. The minimum Gasteiger partial charge on any atom is -0.348 e. The van der Waals surface area contributed by atoms with Crippen LogP contribution in [-0.2, 0) is 0 Å². The van der Waals surface area contributed by atoms with Gasteiger partial charge >= 0.3 is 0 Å². The van der Waals surface area contributed by atoms with E-state index < -0.39 is 0 Å². The molecule has 0 aromatic carbocycles. The van der Waals surface area contributed by atoms with E-state index in [1.54, 1.807) is 23.2 Å². The van der Waals surface area contributed by atoms with Gasteiger partial charge in [-0.1, -0.05) is 6.07 Å². The summed E-state index contributed by atoms with van der Waals surface area (Å²) in [5.74, 6) is 0.621. The van der Waals surface area contributed by atoms with Crippen LogP contribution in [0.1, 0.15) is 36.2 Å². The zero-order valence-electron chi connectivity index (χ0n) is 15.4. The molecule has 0 unspecified atom stereocenters. The van der Waals surface area contributed by atoms with Crippen LogP contribution in [0.5, 0.6) is 0 Å². The summed E-state index contributed by atoms with van der Waals surface area (Å²) in [6.07, 6.45) is 9.61. The molecule has 2 aliphatic rings. The number of hydrogen-bond donors (Lipinski definition) is 2. The zero-order chi connectivity index (χ0) is 17.8. The predicted molar refractivity (Wildman–Crippen MR) is 107 cm³/mol. The number of pyridine rings is 1. The summed E-state index contributed by atoms with van der Waals surface area (Å²) in [6, 6.07) is 6.42. The monoisotopic (exact) mass is 390 g/mol. The molecule has 8 heteroatoms. The number of piperazine rings is 1. The molecule has 1 saturated heterocycles. The highest BCUT2D eigenvalue weighted by molar-refractivity contribution is 5.92. The number of hydrogen-bond acceptors (Lipinski definition) is 5. The van der Waals surface area contributed by atoms with Gasteiger partial charge in [-0.25, -0.2) is 9.97 Å². The van der Waals surface area contributed by atoms with Crippen molar-refractivity contribution in [2.24, 2.45) is 0 Å². The smallest absolute Gasteiger partial charge is 0.270 e. The number of carbonyl (C=O) groups excluding carboxylic acids is 1. The summed E-state index contributed by atoms with van der Waals surface area (Å²) < 4.78 is 1.80. The van der Waals surface area contributed by atoms with Crippen LogP contribution < -0.4 is 10.6 Å². The Morgan fingerprint density at radius 2 is 1.93 bits per heavy atom. The third kappa shape index (κ3) is 4.86. The first-order valence-electron chi connectivity index (χ1n) is 9.50. The molecule has 1 saturated carbocycles. The summed E-state index contributed by atoms with van der Waals surface area (Å²) in [5.41, 5.74) is 0.459. The molecular weight excluding hydrogens is 364 g/mol. The number of carbonyl (C=O) groups is 1. The van der Waals surface area contributed by atoms with E-state index in [9.17, 15) is 4.79 Å². The average Bonchev–Trinajstić information content (AvgIpc) is 3.24. The number of nitrogens with one attached hydrogen (secondary N) is 2. The number of nitrogens with zero attached hydrogens (tertiary/aromatic N) is 4. The lowest BCUT2D eigenvalue weighted by Gasteiger charge is -2.39. The minimum absolute atomic E-state index is 0. The highest BCUT2D eigenvalue weighted by Crippen LogP contribution is 2.23. The lowest BCUT2D eigenvalue weighted by molar-refractivity contribution is 0.0889. The van der Waals surface area contributed by atoms with Crippen LogP contribution in [0.15, 0.2) is 36.9 Å². The summed E-state index contributed by atoms with van der Waals surface area (Å²) >= 11 is 0. The standard InChI is InChI=1S/C19H26N6O.ClH/c26-19(17-2-1-3-18(23-17)25-13-10-21-14-25)22-15-4-6-16(7-5-15)24-11-8-20-9-12-24;/h1-3,10,13-16,20H,4-9,11-12H2,(H,22,26);1H. The molecule has 146 valence electrons. The molecule has 2 fully saturated rings. The maximum Gasteiger partial charge on any atom is 0.270 e. The van der Waals surface area contributed by atoms with Gasteiger partial charge in [-0.15, -0.1) is 12.4 Å². The van der Waals surface area contributed by atoms with Crippen LogP contribution in [-0.4, -0.2) is 63.6 Å². The number of rotatable bonds is 4. The van der Waals surface area contributed by atoms with Crippen molar-refractivity contribution in [2.75, 3.05) is 26.2 Å². The first-order chi connectivity index (χ1) is 12.8. The fourth-order valence-corrected chi connectivity index (χ4v) is 3.98. The van der Waals surface area contributed by atoms with E-state index >= 15 is 0 Å². The Morgan fingerprint density at radius 1 is 1.15 bits per heavy atom. The van der Waals surface area contributed by atoms with E-state index in [1.807, 2.05) is 18.3 Å². The van der Waals surface area contributed by atoms with Gasteiger partial charge in [0.2, 0.25) is 0 Å². The molecule has 0 bridgehead atoms. The molecule has 1 aliphatic heterocycles. The molecule has 2 N–H and O–H groups in total. The van der Waals surface area contributed by atoms with Gasteiger partial charge < -0.3 is 10.6 Å². The third-order valence-electron chi connectivity index (χ3n) is 5.44. The number of amides is 1. The molecule has 0 spiro atoms. The van der Waals surface area contributed by atoms with E-state index in [0.717, 1.165) is 51.9 Å². The van der Waals surface area contributed by atoms with Crippen molar-refractivity contribution in [3.8, 4) is 5.82 Å². The Morgan fingerprint density at radius 3 is 2.63 bits per heavy atom.